The number of hydrogen-bond acceptors (Lipinski definition) is 5. The number of rotatable bonds is 13. The minimum absolute atomic E-state index is 0.0667. The number of benzene rings is 3. The van der Waals surface area contributed by atoms with Gasteiger partial charge in [0.15, 0.2) is 0 Å². The van der Waals surface area contributed by atoms with Crippen molar-refractivity contribution < 1.29 is 19.5 Å². The molecule has 0 aromatic heterocycles. The number of carbonyl (C=O) groups is 3. The summed E-state index contributed by atoms with van der Waals surface area (Å²) >= 11 is 0. The van der Waals surface area contributed by atoms with Crippen LogP contribution in [0.4, 0.5) is 11.4 Å². The fourth-order valence-electron chi connectivity index (χ4n) is 4.64. The van der Waals surface area contributed by atoms with E-state index < -0.39 is 18.2 Å². The van der Waals surface area contributed by atoms with Gasteiger partial charge in [-0.3, -0.25) is 19.3 Å². The van der Waals surface area contributed by atoms with Crippen LogP contribution in [0.5, 0.6) is 0 Å². The second kappa shape index (κ2) is 13.5. The summed E-state index contributed by atoms with van der Waals surface area (Å²) in [7, 11) is 0. The highest BCUT2D eigenvalue weighted by molar-refractivity contribution is 5.99. The van der Waals surface area contributed by atoms with Crippen LogP contribution in [0.25, 0.3) is 5.70 Å². The van der Waals surface area contributed by atoms with Gasteiger partial charge in [-0.15, -0.1) is 0 Å². The van der Waals surface area contributed by atoms with Crippen LogP contribution in [0.1, 0.15) is 44.2 Å². The smallest absolute Gasteiger partial charge is 0.305 e. The summed E-state index contributed by atoms with van der Waals surface area (Å²) in [5.41, 5.74) is 5.62. The highest BCUT2D eigenvalue weighted by atomic mass is 16.4. The molecule has 0 spiro atoms. The standard InChI is InChI=1S/C32H36N4O4/c1-22(19-31(39)40)34-29(37)21-33-27-15-9-10-16-28(27)36(30(38)20-24-11-5-3-6-12-24)23(2)35-32(26-17-18-26)25-13-7-4-8-14-25/h3-16,22-23,33,35H,17-21H2,1-2H3,(H,34,37)(H,39,40)/t22-,23?/m1/s1. The summed E-state index contributed by atoms with van der Waals surface area (Å²) in [4.78, 5) is 39.1. The third-order valence-electron chi connectivity index (χ3n) is 6.61. The molecular weight excluding hydrogens is 504 g/mol. The molecule has 1 aliphatic rings. The third-order valence-corrected chi connectivity index (χ3v) is 6.61. The Bertz CT molecular complexity index is 1350. The Morgan fingerprint density at radius 1 is 0.850 bits per heavy atom. The lowest BCUT2D eigenvalue weighted by Crippen LogP contribution is -2.47. The van der Waals surface area contributed by atoms with Crippen LogP contribution in [-0.2, 0) is 20.8 Å². The molecule has 2 amide bonds. The van der Waals surface area contributed by atoms with E-state index in [1.807, 2.05) is 79.7 Å². The second-order valence-corrected chi connectivity index (χ2v) is 10.0. The molecule has 8 heteroatoms. The molecule has 0 radical (unpaired) electrons. The topological polar surface area (TPSA) is 111 Å². The van der Waals surface area contributed by atoms with E-state index in [1.165, 1.54) is 5.57 Å². The average molecular weight is 541 g/mol. The van der Waals surface area contributed by atoms with Gasteiger partial charge in [0.25, 0.3) is 0 Å². The Balaban J connectivity index is 1.59. The van der Waals surface area contributed by atoms with Crippen LogP contribution >= 0.6 is 0 Å². The predicted octanol–water partition coefficient (Wildman–Crippen LogP) is 4.79. The number of aliphatic carboxylic acids is 1. The number of anilines is 2. The number of nitrogens with one attached hydrogen (secondary N) is 3. The van der Waals surface area contributed by atoms with Crippen molar-refractivity contribution in [2.45, 2.75) is 51.7 Å². The first-order valence-corrected chi connectivity index (χ1v) is 13.6. The zero-order chi connectivity index (χ0) is 28.5. The van der Waals surface area contributed by atoms with E-state index in [0.717, 1.165) is 29.7 Å². The second-order valence-electron chi connectivity index (χ2n) is 10.0. The Hall–Kier alpha value is -4.59. The van der Waals surface area contributed by atoms with Crippen molar-refractivity contribution in [3.8, 4) is 0 Å². The molecule has 40 heavy (non-hydrogen) atoms. The van der Waals surface area contributed by atoms with Gasteiger partial charge in [-0.25, -0.2) is 0 Å². The van der Waals surface area contributed by atoms with E-state index in [4.69, 9.17) is 5.11 Å². The van der Waals surface area contributed by atoms with Crippen molar-refractivity contribution in [3.63, 3.8) is 0 Å². The zero-order valence-corrected chi connectivity index (χ0v) is 22.9. The molecule has 0 aliphatic heterocycles. The number of amides is 2. The number of carboxylic acid groups (broad SMARTS) is 1. The molecular formula is C32H36N4O4. The van der Waals surface area contributed by atoms with Crippen LogP contribution in [0.15, 0.2) is 90.5 Å². The maximum absolute atomic E-state index is 13.9. The van der Waals surface area contributed by atoms with Crippen molar-refractivity contribution in [2.75, 3.05) is 16.8 Å². The maximum Gasteiger partial charge on any atom is 0.305 e. The summed E-state index contributed by atoms with van der Waals surface area (Å²) in [6.07, 6.45) is 1.70. The number of carbonyl (C=O) groups excluding carboxylic acids is 2. The molecule has 3 aromatic carbocycles. The van der Waals surface area contributed by atoms with Crippen LogP contribution in [0.2, 0.25) is 0 Å². The van der Waals surface area contributed by atoms with Crippen molar-refractivity contribution in [3.05, 3.63) is 102 Å². The van der Waals surface area contributed by atoms with Gasteiger partial charge in [-0.05, 0) is 55.5 Å². The van der Waals surface area contributed by atoms with E-state index >= 15 is 0 Å². The molecule has 2 atom stereocenters. The quantitative estimate of drug-likeness (QED) is 0.232. The normalized spacial score (nSPS) is 13.5. The maximum atomic E-state index is 13.9. The molecule has 208 valence electrons. The lowest BCUT2D eigenvalue weighted by atomic mass is 10.1. The molecule has 0 heterocycles. The fraction of sp³-hybridized carbons (Fsp3) is 0.281. The number of carboxylic acids is 1. The van der Waals surface area contributed by atoms with E-state index in [-0.39, 0.29) is 31.2 Å². The Morgan fingerprint density at radius 3 is 2.12 bits per heavy atom. The number of hydrogen-bond donors (Lipinski definition) is 4. The molecule has 8 nitrogen and oxygen atoms in total. The van der Waals surface area contributed by atoms with E-state index in [0.29, 0.717) is 11.4 Å². The average Bonchev–Trinajstić information content (AvgIpc) is 3.77. The first-order valence-electron chi connectivity index (χ1n) is 13.6. The molecule has 0 bridgehead atoms. The molecule has 0 saturated heterocycles. The summed E-state index contributed by atoms with van der Waals surface area (Å²) in [6.45, 7) is 3.55. The van der Waals surface area contributed by atoms with Gasteiger partial charge in [0.1, 0.15) is 6.17 Å². The third kappa shape index (κ3) is 7.96. The lowest BCUT2D eigenvalue weighted by molar-refractivity contribution is -0.137. The van der Waals surface area contributed by atoms with Gasteiger partial charge in [0, 0.05) is 11.7 Å². The minimum atomic E-state index is -0.976. The van der Waals surface area contributed by atoms with Gasteiger partial charge in [-0.2, -0.15) is 0 Å². The summed E-state index contributed by atoms with van der Waals surface area (Å²) < 4.78 is 0. The molecule has 1 aliphatic carbocycles. The Kier molecular flexibility index (Phi) is 9.57. The summed E-state index contributed by atoms with van der Waals surface area (Å²) in [5.74, 6) is -1.40. The molecule has 3 aromatic rings. The van der Waals surface area contributed by atoms with Crippen LogP contribution in [-0.4, -0.2) is 41.6 Å². The van der Waals surface area contributed by atoms with Gasteiger partial charge in [0.05, 0.1) is 30.8 Å². The minimum Gasteiger partial charge on any atom is -0.481 e. The van der Waals surface area contributed by atoms with Crippen molar-refractivity contribution in [2.24, 2.45) is 0 Å². The van der Waals surface area contributed by atoms with Crippen molar-refractivity contribution in [1.82, 2.24) is 10.6 Å². The van der Waals surface area contributed by atoms with E-state index in [2.05, 4.69) is 28.1 Å². The lowest BCUT2D eigenvalue weighted by Gasteiger charge is -2.33. The molecule has 1 unspecified atom stereocenters. The van der Waals surface area contributed by atoms with Gasteiger partial charge in [-0.1, -0.05) is 72.8 Å². The van der Waals surface area contributed by atoms with E-state index in [1.54, 1.807) is 11.8 Å². The van der Waals surface area contributed by atoms with Gasteiger partial charge in [0.2, 0.25) is 11.8 Å². The molecule has 4 N–H and O–H groups in total. The molecule has 1 fully saturated rings. The van der Waals surface area contributed by atoms with Gasteiger partial charge >= 0.3 is 5.97 Å². The SMILES string of the molecule is CC(NC(=C1CC1)c1ccccc1)N(C(=O)Cc1ccccc1)c1ccccc1NCC(=O)N[C@H](C)CC(=O)O. The van der Waals surface area contributed by atoms with Crippen LogP contribution < -0.4 is 20.9 Å². The zero-order valence-electron chi connectivity index (χ0n) is 22.9. The van der Waals surface area contributed by atoms with E-state index in [9.17, 15) is 14.4 Å². The number of para-hydroxylation sites is 2. The number of allylic oxidation sites excluding steroid dienone is 1. The monoisotopic (exact) mass is 540 g/mol. The van der Waals surface area contributed by atoms with Crippen molar-refractivity contribution in [1.29, 1.82) is 0 Å². The Morgan fingerprint density at radius 2 is 1.48 bits per heavy atom. The van der Waals surface area contributed by atoms with Crippen molar-refractivity contribution >= 4 is 34.9 Å². The van der Waals surface area contributed by atoms with Crippen LogP contribution in [0, 0.1) is 0 Å². The highest BCUT2D eigenvalue weighted by Crippen LogP contribution is 2.36. The largest absolute Gasteiger partial charge is 0.481 e. The predicted molar refractivity (Wildman–Crippen MR) is 158 cm³/mol. The number of nitrogens with zero attached hydrogens (tertiary/aromatic N) is 1. The molecule has 1 saturated carbocycles. The summed E-state index contributed by atoms with van der Waals surface area (Å²) in [6, 6.07) is 26.6. The Labute approximate surface area is 235 Å². The fourth-order valence-corrected chi connectivity index (χ4v) is 4.64. The molecule has 4 rings (SSSR count). The first-order chi connectivity index (χ1) is 19.3. The highest BCUT2D eigenvalue weighted by Gasteiger charge is 2.28. The van der Waals surface area contributed by atoms with Crippen LogP contribution in [0.3, 0.4) is 0 Å². The first kappa shape index (κ1) is 28.4. The summed E-state index contributed by atoms with van der Waals surface area (Å²) in [5, 5.41) is 18.4. The van der Waals surface area contributed by atoms with Gasteiger partial charge < -0.3 is 21.1 Å².